The van der Waals surface area contributed by atoms with E-state index in [9.17, 15) is 9.59 Å². The number of nitrogens with two attached hydrogens (primary N) is 1. The van der Waals surface area contributed by atoms with Crippen molar-refractivity contribution in [1.82, 2.24) is 9.97 Å². The third kappa shape index (κ3) is 8.48. The summed E-state index contributed by atoms with van der Waals surface area (Å²) in [7, 11) is 0. The number of anilines is 2. The number of unbranched alkanes of at least 4 members (excludes halogenated alkanes) is 1. The summed E-state index contributed by atoms with van der Waals surface area (Å²) < 4.78 is 10.9. The van der Waals surface area contributed by atoms with E-state index in [-0.39, 0.29) is 43.8 Å². The van der Waals surface area contributed by atoms with Crippen LogP contribution in [0.5, 0.6) is 5.75 Å². The third-order valence-electron chi connectivity index (χ3n) is 6.90. The first-order valence-electron chi connectivity index (χ1n) is 14.2. The number of amidine groups is 1. The van der Waals surface area contributed by atoms with Crippen molar-refractivity contribution in [3.05, 3.63) is 83.7 Å². The molecule has 0 aliphatic rings. The zero-order valence-corrected chi connectivity index (χ0v) is 25.6. The maximum absolute atomic E-state index is 13.3. The second kappa shape index (κ2) is 15.6. The predicted octanol–water partition coefficient (Wildman–Crippen LogP) is 6.34. The molecule has 0 atom stereocenters. The molecular formula is C32H39ClN6O4. The first-order valence-corrected chi connectivity index (χ1v) is 14.2. The number of ether oxygens (including phenoxy) is 2. The summed E-state index contributed by atoms with van der Waals surface area (Å²) in [6.45, 7) is 7.57. The van der Waals surface area contributed by atoms with Gasteiger partial charge in [0.2, 0.25) is 0 Å². The number of nitrogens with zero attached hydrogens (tertiary/aromatic N) is 3. The van der Waals surface area contributed by atoms with Gasteiger partial charge in [0.25, 0.3) is 0 Å². The van der Waals surface area contributed by atoms with Crippen molar-refractivity contribution >= 4 is 52.7 Å². The SMILES string of the molecule is CCCCN(Cc1nc2c(C)c(OC(=O)N(CCC(=O)OCC)c3ccccc3)ccc2[nH]1)c1ccc(C(=N)N)cc1.Cl. The Morgan fingerprint density at radius 1 is 0.977 bits per heavy atom. The molecule has 0 radical (unpaired) electrons. The summed E-state index contributed by atoms with van der Waals surface area (Å²) in [5.41, 5.74) is 10.2. The van der Waals surface area contributed by atoms with E-state index in [0.29, 0.717) is 23.5 Å². The van der Waals surface area contributed by atoms with Crippen molar-refractivity contribution in [1.29, 1.82) is 5.41 Å². The number of aromatic nitrogens is 2. The van der Waals surface area contributed by atoms with Crippen molar-refractivity contribution in [2.45, 2.75) is 46.6 Å². The van der Waals surface area contributed by atoms with E-state index in [1.807, 2.05) is 55.5 Å². The van der Waals surface area contributed by atoms with Crippen molar-refractivity contribution in [3.63, 3.8) is 0 Å². The first kappa shape index (κ1) is 32.9. The topological polar surface area (TPSA) is 138 Å². The molecule has 0 aliphatic heterocycles. The van der Waals surface area contributed by atoms with Gasteiger partial charge in [-0.05, 0) is 68.8 Å². The number of para-hydroxylation sites is 1. The number of carbonyl (C=O) groups excluding carboxylic acids is 2. The number of amides is 1. The number of aryl methyl sites for hydroxylation is 1. The minimum Gasteiger partial charge on any atom is -0.466 e. The molecule has 4 aromatic rings. The molecule has 0 saturated heterocycles. The molecule has 0 spiro atoms. The van der Waals surface area contributed by atoms with Gasteiger partial charge in [-0.3, -0.25) is 15.1 Å². The molecule has 0 saturated carbocycles. The monoisotopic (exact) mass is 606 g/mol. The second-order valence-corrected chi connectivity index (χ2v) is 9.91. The molecular weight excluding hydrogens is 568 g/mol. The zero-order valence-electron chi connectivity index (χ0n) is 24.8. The maximum atomic E-state index is 13.3. The number of halogens is 1. The highest BCUT2D eigenvalue weighted by Gasteiger charge is 2.22. The lowest BCUT2D eigenvalue weighted by atomic mass is 10.1. The highest BCUT2D eigenvalue weighted by atomic mass is 35.5. The van der Waals surface area contributed by atoms with Gasteiger partial charge >= 0.3 is 12.1 Å². The minimum absolute atomic E-state index is 0. The van der Waals surface area contributed by atoms with E-state index < -0.39 is 6.09 Å². The number of hydrogen-bond acceptors (Lipinski definition) is 7. The Kier molecular flexibility index (Phi) is 11.9. The van der Waals surface area contributed by atoms with E-state index in [4.69, 9.17) is 25.6 Å². The smallest absolute Gasteiger partial charge is 0.419 e. The Morgan fingerprint density at radius 3 is 2.35 bits per heavy atom. The van der Waals surface area contributed by atoms with Gasteiger partial charge in [-0.15, -0.1) is 12.4 Å². The predicted molar refractivity (Wildman–Crippen MR) is 173 cm³/mol. The summed E-state index contributed by atoms with van der Waals surface area (Å²) in [6.07, 6.45) is 1.52. The molecule has 10 nitrogen and oxygen atoms in total. The third-order valence-corrected chi connectivity index (χ3v) is 6.90. The molecule has 228 valence electrons. The largest absolute Gasteiger partial charge is 0.466 e. The van der Waals surface area contributed by atoms with Crippen molar-refractivity contribution < 1.29 is 19.1 Å². The van der Waals surface area contributed by atoms with Crippen LogP contribution in [-0.4, -0.2) is 47.6 Å². The summed E-state index contributed by atoms with van der Waals surface area (Å²) in [6, 6.07) is 20.3. The standard InChI is InChI=1S/C32H38N6O4.ClH/c1-4-6-19-37(24-14-12-23(13-15-24)31(33)34)21-28-35-26-16-17-27(22(3)30(26)36-28)42-32(40)38(20-18-29(39)41-5-2)25-10-8-7-9-11-25;/h7-17H,4-6,18-21H2,1-3H3,(H3,33,34)(H,35,36);1H. The van der Waals surface area contributed by atoms with Crippen LogP contribution in [0.2, 0.25) is 0 Å². The van der Waals surface area contributed by atoms with Gasteiger partial charge in [0.05, 0.1) is 30.6 Å². The Morgan fingerprint density at radius 2 is 1.70 bits per heavy atom. The van der Waals surface area contributed by atoms with Gasteiger partial charge in [-0.1, -0.05) is 31.5 Å². The van der Waals surface area contributed by atoms with Crippen LogP contribution in [-0.2, 0) is 16.1 Å². The fourth-order valence-corrected chi connectivity index (χ4v) is 4.63. The lowest BCUT2D eigenvalue weighted by molar-refractivity contribution is -0.142. The fraction of sp³-hybridized carbons (Fsp3) is 0.312. The summed E-state index contributed by atoms with van der Waals surface area (Å²) in [4.78, 5) is 37.3. The normalized spacial score (nSPS) is 10.6. The molecule has 11 heteroatoms. The average molecular weight is 607 g/mol. The number of fused-ring (bicyclic) bond motifs is 1. The Labute approximate surface area is 258 Å². The van der Waals surface area contributed by atoms with Gasteiger partial charge in [0, 0.05) is 35.6 Å². The lowest BCUT2D eigenvalue weighted by Crippen LogP contribution is -2.35. The van der Waals surface area contributed by atoms with E-state index in [1.54, 1.807) is 25.1 Å². The van der Waals surface area contributed by atoms with E-state index in [1.165, 1.54) is 4.90 Å². The number of nitrogens with one attached hydrogen (secondary N) is 2. The molecule has 1 amide bonds. The summed E-state index contributed by atoms with van der Waals surface area (Å²) in [5.74, 6) is 0.835. The quantitative estimate of drug-likeness (QED) is 0.0916. The number of esters is 1. The number of carbonyl (C=O) groups is 2. The van der Waals surface area contributed by atoms with Crippen LogP contribution in [0, 0.1) is 12.3 Å². The molecule has 3 aromatic carbocycles. The molecule has 1 heterocycles. The van der Waals surface area contributed by atoms with Gasteiger partial charge in [-0.2, -0.15) is 0 Å². The van der Waals surface area contributed by atoms with E-state index in [2.05, 4.69) is 16.8 Å². The van der Waals surface area contributed by atoms with Crippen molar-refractivity contribution in [2.75, 3.05) is 29.5 Å². The lowest BCUT2D eigenvalue weighted by Gasteiger charge is -2.24. The average Bonchev–Trinajstić information content (AvgIpc) is 3.41. The van der Waals surface area contributed by atoms with Crippen molar-refractivity contribution in [2.24, 2.45) is 5.73 Å². The maximum Gasteiger partial charge on any atom is 0.419 e. The molecule has 0 fully saturated rings. The number of H-pyrrole nitrogens is 1. The second-order valence-electron chi connectivity index (χ2n) is 9.91. The number of benzene rings is 3. The molecule has 4 rings (SSSR count). The highest BCUT2D eigenvalue weighted by molar-refractivity contribution is 5.95. The van der Waals surface area contributed by atoms with Crippen LogP contribution in [0.25, 0.3) is 11.0 Å². The number of rotatable bonds is 13. The van der Waals surface area contributed by atoms with Crippen LogP contribution in [0.3, 0.4) is 0 Å². The van der Waals surface area contributed by atoms with Crippen LogP contribution in [0.1, 0.15) is 50.1 Å². The van der Waals surface area contributed by atoms with E-state index >= 15 is 0 Å². The molecule has 1 aromatic heterocycles. The van der Waals surface area contributed by atoms with Gasteiger partial charge in [-0.25, -0.2) is 9.78 Å². The first-order chi connectivity index (χ1) is 20.3. The minimum atomic E-state index is -0.594. The summed E-state index contributed by atoms with van der Waals surface area (Å²) in [5, 5.41) is 7.66. The Balaban J connectivity index is 0.00000506. The molecule has 0 bridgehead atoms. The van der Waals surface area contributed by atoms with Gasteiger partial charge < -0.3 is 25.1 Å². The zero-order chi connectivity index (χ0) is 30.1. The summed E-state index contributed by atoms with van der Waals surface area (Å²) >= 11 is 0. The molecule has 0 aliphatic carbocycles. The van der Waals surface area contributed by atoms with Gasteiger partial charge in [0.1, 0.15) is 17.4 Å². The van der Waals surface area contributed by atoms with Crippen LogP contribution in [0.15, 0.2) is 66.7 Å². The Hall–Kier alpha value is -4.57. The number of aromatic amines is 1. The van der Waals surface area contributed by atoms with E-state index in [0.717, 1.165) is 47.5 Å². The van der Waals surface area contributed by atoms with Crippen LogP contribution >= 0.6 is 12.4 Å². The number of imidazole rings is 1. The number of nitrogen functional groups attached to an aromatic ring is 1. The van der Waals surface area contributed by atoms with Crippen molar-refractivity contribution in [3.8, 4) is 5.75 Å². The van der Waals surface area contributed by atoms with Crippen LogP contribution < -0.4 is 20.3 Å². The molecule has 0 unspecified atom stereocenters. The highest BCUT2D eigenvalue weighted by Crippen LogP contribution is 2.28. The molecule has 4 N–H and O–H groups in total. The fourth-order valence-electron chi connectivity index (χ4n) is 4.63. The Bertz CT molecular complexity index is 1520. The molecule has 43 heavy (non-hydrogen) atoms. The number of hydrogen-bond donors (Lipinski definition) is 3. The van der Waals surface area contributed by atoms with Crippen LogP contribution in [0.4, 0.5) is 16.2 Å². The van der Waals surface area contributed by atoms with Gasteiger partial charge in [0.15, 0.2) is 0 Å².